The van der Waals surface area contributed by atoms with Gasteiger partial charge in [-0.3, -0.25) is 19.5 Å². The predicted octanol–water partition coefficient (Wildman–Crippen LogP) is 4.41. The van der Waals surface area contributed by atoms with E-state index in [0.29, 0.717) is 23.0 Å². The lowest BCUT2D eigenvalue weighted by Crippen LogP contribution is -2.08. The van der Waals surface area contributed by atoms with Gasteiger partial charge in [-0.1, -0.05) is 42.1 Å². The number of aromatic nitrogens is 2. The number of nitro groups is 1. The van der Waals surface area contributed by atoms with Crippen LogP contribution in [0.1, 0.15) is 12.5 Å². The Hall–Kier alpha value is -3.13. The Morgan fingerprint density at radius 1 is 1.25 bits per heavy atom. The van der Waals surface area contributed by atoms with Gasteiger partial charge in [-0.25, -0.2) is 4.98 Å². The van der Waals surface area contributed by atoms with Crippen LogP contribution in [0, 0.1) is 17.0 Å². The number of aryl methyl sites for hydroxylation is 1. The predicted molar refractivity (Wildman–Crippen MR) is 108 cm³/mol. The molecule has 0 bridgehead atoms. The maximum atomic E-state index is 11.8. The number of para-hydroxylation sites is 1. The van der Waals surface area contributed by atoms with Crippen molar-refractivity contribution < 1.29 is 14.5 Å². The highest BCUT2D eigenvalue weighted by Crippen LogP contribution is 2.32. The van der Waals surface area contributed by atoms with Gasteiger partial charge in [0.05, 0.1) is 34.9 Å². The molecule has 0 saturated heterocycles. The topological polar surface area (TPSA) is 87.3 Å². The SMILES string of the molecule is CCOC(=O)CSc1ncc(-c2cccc([N+](=O)[O-])c2)n1-c1ccccc1C. The molecule has 1 aromatic heterocycles. The number of rotatable bonds is 7. The van der Waals surface area contributed by atoms with Crippen molar-refractivity contribution in [3.8, 4) is 16.9 Å². The fourth-order valence-electron chi connectivity index (χ4n) is 2.79. The number of non-ortho nitro benzene ring substituents is 1. The van der Waals surface area contributed by atoms with Crippen LogP contribution in [0.4, 0.5) is 5.69 Å². The van der Waals surface area contributed by atoms with Crippen LogP contribution in [-0.4, -0.2) is 32.8 Å². The molecule has 144 valence electrons. The molecule has 1 heterocycles. The standard InChI is InChI=1S/C20H19N3O4S/c1-3-27-19(24)13-28-20-21-12-18(15-8-6-9-16(11-15)23(25)26)22(20)17-10-5-4-7-14(17)2/h4-12H,3,13H2,1-2H3. The van der Waals surface area contributed by atoms with Crippen LogP contribution in [0.3, 0.4) is 0 Å². The average Bonchev–Trinajstić information content (AvgIpc) is 3.11. The van der Waals surface area contributed by atoms with Crippen molar-refractivity contribution in [1.29, 1.82) is 0 Å². The molecule has 0 radical (unpaired) electrons. The average molecular weight is 397 g/mol. The highest BCUT2D eigenvalue weighted by molar-refractivity contribution is 7.99. The Kier molecular flexibility index (Phi) is 6.10. The van der Waals surface area contributed by atoms with Gasteiger partial charge in [0, 0.05) is 17.7 Å². The van der Waals surface area contributed by atoms with Crippen molar-refractivity contribution in [2.24, 2.45) is 0 Å². The van der Waals surface area contributed by atoms with Gasteiger partial charge in [0.25, 0.3) is 5.69 Å². The third-order valence-electron chi connectivity index (χ3n) is 4.06. The Bertz CT molecular complexity index is 1020. The zero-order valence-corrected chi connectivity index (χ0v) is 16.3. The van der Waals surface area contributed by atoms with Crippen LogP contribution >= 0.6 is 11.8 Å². The molecule has 3 aromatic rings. The van der Waals surface area contributed by atoms with Crippen molar-refractivity contribution >= 4 is 23.4 Å². The van der Waals surface area contributed by atoms with E-state index in [1.54, 1.807) is 25.3 Å². The van der Waals surface area contributed by atoms with E-state index in [9.17, 15) is 14.9 Å². The normalized spacial score (nSPS) is 10.6. The fourth-order valence-corrected chi connectivity index (χ4v) is 3.58. The highest BCUT2D eigenvalue weighted by Gasteiger charge is 2.18. The van der Waals surface area contributed by atoms with Gasteiger partial charge < -0.3 is 4.74 Å². The second kappa shape index (κ2) is 8.71. The van der Waals surface area contributed by atoms with Gasteiger partial charge in [0.2, 0.25) is 0 Å². The van der Waals surface area contributed by atoms with E-state index in [0.717, 1.165) is 11.3 Å². The minimum absolute atomic E-state index is 0.00996. The minimum atomic E-state index is -0.422. The molecule has 0 aliphatic carbocycles. The summed E-state index contributed by atoms with van der Waals surface area (Å²) in [6, 6.07) is 14.2. The highest BCUT2D eigenvalue weighted by atomic mass is 32.2. The van der Waals surface area contributed by atoms with E-state index in [-0.39, 0.29) is 17.4 Å². The van der Waals surface area contributed by atoms with E-state index < -0.39 is 4.92 Å². The van der Waals surface area contributed by atoms with Crippen molar-refractivity contribution in [2.45, 2.75) is 19.0 Å². The number of ether oxygens (including phenoxy) is 1. The molecule has 0 amide bonds. The second-order valence-corrected chi connectivity index (χ2v) is 6.89. The Morgan fingerprint density at radius 3 is 2.75 bits per heavy atom. The number of nitro benzene ring substituents is 1. The number of esters is 1. The van der Waals surface area contributed by atoms with E-state index in [4.69, 9.17) is 4.74 Å². The first kappa shape index (κ1) is 19.6. The van der Waals surface area contributed by atoms with Gasteiger partial charge in [-0.15, -0.1) is 0 Å². The summed E-state index contributed by atoms with van der Waals surface area (Å²) in [5.41, 5.74) is 3.31. The Balaban J connectivity index is 2.08. The molecule has 0 fully saturated rings. The third-order valence-corrected chi connectivity index (χ3v) is 4.99. The molecule has 2 aromatic carbocycles. The zero-order chi connectivity index (χ0) is 20.1. The molecule has 0 saturated carbocycles. The molecule has 8 heteroatoms. The monoisotopic (exact) mass is 397 g/mol. The van der Waals surface area contributed by atoms with E-state index >= 15 is 0 Å². The molecule has 0 aliphatic rings. The van der Waals surface area contributed by atoms with Gasteiger partial charge in [0.15, 0.2) is 5.16 Å². The summed E-state index contributed by atoms with van der Waals surface area (Å²) in [5, 5.41) is 11.8. The molecule has 7 nitrogen and oxygen atoms in total. The summed E-state index contributed by atoms with van der Waals surface area (Å²) < 4.78 is 6.91. The number of imidazole rings is 1. The minimum Gasteiger partial charge on any atom is -0.465 e. The fraction of sp³-hybridized carbons (Fsp3) is 0.200. The van der Waals surface area contributed by atoms with Gasteiger partial charge >= 0.3 is 5.97 Å². The summed E-state index contributed by atoms with van der Waals surface area (Å²) in [4.78, 5) is 27.0. The Morgan fingerprint density at radius 2 is 2.04 bits per heavy atom. The molecule has 0 spiro atoms. The number of hydrogen-bond donors (Lipinski definition) is 0. The maximum absolute atomic E-state index is 11.8. The van der Waals surface area contributed by atoms with Crippen molar-refractivity contribution in [1.82, 2.24) is 9.55 Å². The van der Waals surface area contributed by atoms with Crippen LogP contribution in [0.25, 0.3) is 16.9 Å². The first-order chi connectivity index (χ1) is 13.5. The van der Waals surface area contributed by atoms with Crippen LogP contribution in [0.15, 0.2) is 59.9 Å². The summed E-state index contributed by atoms with van der Waals surface area (Å²) in [7, 11) is 0. The molecule has 0 atom stereocenters. The number of nitrogens with zero attached hydrogens (tertiary/aromatic N) is 3. The molecule has 0 N–H and O–H groups in total. The molecule has 3 rings (SSSR count). The Labute approximate surface area is 166 Å². The number of carbonyl (C=O) groups is 1. The number of thioether (sulfide) groups is 1. The lowest BCUT2D eigenvalue weighted by Gasteiger charge is -2.14. The van der Waals surface area contributed by atoms with E-state index in [2.05, 4.69) is 4.98 Å². The van der Waals surface area contributed by atoms with E-state index in [1.807, 2.05) is 35.8 Å². The molecule has 0 unspecified atom stereocenters. The summed E-state index contributed by atoms with van der Waals surface area (Å²) in [6.45, 7) is 4.06. The smallest absolute Gasteiger partial charge is 0.316 e. The van der Waals surface area contributed by atoms with Gasteiger partial charge in [-0.2, -0.15) is 0 Å². The molecule has 0 aliphatic heterocycles. The summed E-state index contributed by atoms with van der Waals surface area (Å²) in [5.74, 6) is -0.186. The van der Waals surface area contributed by atoms with Crippen LogP contribution in [0.2, 0.25) is 0 Å². The van der Waals surface area contributed by atoms with Crippen molar-refractivity contribution in [3.63, 3.8) is 0 Å². The summed E-state index contributed by atoms with van der Waals surface area (Å²) in [6.07, 6.45) is 1.67. The largest absolute Gasteiger partial charge is 0.465 e. The molecular weight excluding hydrogens is 378 g/mol. The van der Waals surface area contributed by atoms with Gasteiger partial charge in [0.1, 0.15) is 0 Å². The number of carbonyl (C=O) groups excluding carboxylic acids is 1. The lowest BCUT2D eigenvalue weighted by molar-refractivity contribution is -0.384. The van der Waals surface area contributed by atoms with E-state index in [1.165, 1.54) is 23.9 Å². The summed E-state index contributed by atoms with van der Waals surface area (Å²) >= 11 is 1.27. The first-order valence-electron chi connectivity index (χ1n) is 8.68. The first-order valence-corrected chi connectivity index (χ1v) is 9.66. The van der Waals surface area contributed by atoms with Crippen LogP contribution < -0.4 is 0 Å². The van der Waals surface area contributed by atoms with Gasteiger partial charge in [-0.05, 0) is 25.5 Å². The molecule has 28 heavy (non-hydrogen) atoms. The van der Waals surface area contributed by atoms with Crippen LogP contribution in [-0.2, 0) is 9.53 Å². The third kappa shape index (κ3) is 4.23. The molecular formula is C20H19N3O4S. The number of hydrogen-bond acceptors (Lipinski definition) is 6. The zero-order valence-electron chi connectivity index (χ0n) is 15.5. The second-order valence-electron chi connectivity index (χ2n) is 5.95. The number of benzene rings is 2. The van der Waals surface area contributed by atoms with Crippen molar-refractivity contribution in [3.05, 3.63) is 70.4 Å². The van der Waals surface area contributed by atoms with Crippen molar-refractivity contribution in [2.75, 3.05) is 12.4 Å². The quantitative estimate of drug-likeness (QED) is 0.254. The maximum Gasteiger partial charge on any atom is 0.316 e. The lowest BCUT2D eigenvalue weighted by atomic mass is 10.1. The van der Waals surface area contributed by atoms with Crippen LogP contribution in [0.5, 0.6) is 0 Å².